The lowest BCUT2D eigenvalue weighted by Crippen LogP contribution is -2.65. The molecule has 1 saturated heterocycles. The number of carbonyl (C=O) groups is 4. The molecule has 4 aliphatic rings. The van der Waals surface area contributed by atoms with Crippen LogP contribution in [0.4, 0.5) is 4.79 Å². The Bertz CT molecular complexity index is 1810. The Balaban J connectivity index is 1.40. The van der Waals surface area contributed by atoms with E-state index in [4.69, 9.17) is 35.5 Å². The van der Waals surface area contributed by atoms with E-state index >= 15 is 0 Å². The smallest absolute Gasteiger partial charge is 0.408 e. The van der Waals surface area contributed by atoms with Crippen LogP contribution in [0.2, 0.25) is 0 Å². The van der Waals surface area contributed by atoms with Crippen LogP contribution in [0.3, 0.4) is 0 Å². The maximum absolute atomic E-state index is 14.7. The van der Waals surface area contributed by atoms with Crippen molar-refractivity contribution < 1.29 is 38.1 Å². The molecule has 1 aliphatic carbocycles. The molecule has 0 saturated carbocycles. The maximum Gasteiger partial charge on any atom is 0.408 e. The SMILES string of the molecule is CCOC(=O)[C@@]12C=C[C@H]1/C=C\CCCCC[C@H](NC(=O)OC(C)(C)C)C(=O)N1C[C@@]3(CC(Cl)c4c(c(C)nc5ccc(OC)nc45)O3)C[C@H]1C(=O)N2. The lowest BCUT2D eigenvalue weighted by Gasteiger charge is -2.41. The van der Waals surface area contributed by atoms with E-state index in [9.17, 15) is 19.2 Å². The summed E-state index contributed by atoms with van der Waals surface area (Å²) in [6.07, 6.45) is 10.4. The molecule has 52 heavy (non-hydrogen) atoms. The number of alkyl halides is 1. The van der Waals surface area contributed by atoms with Crippen molar-refractivity contribution in [3.05, 3.63) is 47.7 Å². The van der Waals surface area contributed by atoms with Gasteiger partial charge >= 0.3 is 12.1 Å². The number of methoxy groups -OCH3 is 1. The summed E-state index contributed by atoms with van der Waals surface area (Å²) < 4.78 is 23.2. The number of allylic oxidation sites excluding steroid dienone is 1. The second kappa shape index (κ2) is 14.6. The van der Waals surface area contributed by atoms with Gasteiger partial charge in [-0.3, -0.25) is 9.59 Å². The molecule has 280 valence electrons. The Morgan fingerprint density at radius 1 is 1.13 bits per heavy atom. The number of carbonyl (C=O) groups excluding carboxylic acids is 4. The van der Waals surface area contributed by atoms with Gasteiger partial charge in [0.1, 0.15) is 34.6 Å². The van der Waals surface area contributed by atoms with Gasteiger partial charge < -0.3 is 34.5 Å². The lowest BCUT2D eigenvalue weighted by atomic mass is 9.73. The molecule has 2 aromatic rings. The molecule has 0 radical (unpaired) electrons. The van der Waals surface area contributed by atoms with Gasteiger partial charge in [-0.1, -0.05) is 37.1 Å². The first-order valence-electron chi connectivity index (χ1n) is 18.0. The van der Waals surface area contributed by atoms with Crippen LogP contribution in [0.1, 0.15) is 89.3 Å². The van der Waals surface area contributed by atoms with Crippen molar-refractivity contribution in [2.45, 2.75) is 114 Å². The van der Waals surface area contributed by atoms with E-state index in [1.165, 1.54) is 12.0 Å². The molecule has 1 spiro atoms. The number of nitrogens with zero attached hydrogens (tertiary/aromatic N) is 3. The highest BCUT2D eigenvalue weighted by atomic mass is 35.5. The molecular formula is C38H48ClN5O8. The second-order valence-corrected chi connectivity index (χ2v) is 15.6. The highest BCUT2D eigenvalue weighted by Crippen LogP contribution is 2.51. The molecule has 5 heterocycles. The number of fused-ring (bicyclic) bond motifs is 5. The van der Waals surface area contributed by atoms with Crippen LogP contribution < -0.4 is 20.1 Å². The lowest BCUT2D eigenvalue weighted by molar-refractivity contribution is -0.154. The summed E-state index contributed by atoms with van der Waals surface area (Å²) in [6, 6.07) is 1.47. The zero-order chi connectivity index (χ0) is 37.4. The van der Waals surface area contributed by atoms with Crippen molar-refractivity contribution in [1.82, 2.24) is 25.5 Å². The minimum atomic E-state index is -1.44. The number of rotatable bonds is 4. The van der Waals surface area contributed by atoms with Crippen LogP contribution in [-0.2, 0) is 23.9 Å². The fraction of sp³-hybridized carbons (Fsp3) is 0.579. The largest absolute Gasteiger partial charge is 0.483 e. The predicted molar refractivity (Wildman–Crippen MR) is 193 cm³/mol. The fourth-order valence-electron chi connectivity index (χ4n) is 7.58. The van der Waals surface area contributed by atoms with Gasteiger partial charge in [-0.25, -0.2) is 19.6 Å². The van der Waals surface area contributed by atoms with E-state index in [0.717, 1.165) is 19.3 Å². The number of alkyl carbamates (subject to hydrolysis) is 1. The minimum Gasteiger partial charge on any atom is -0.483 e. The topological polar surface area (TPSA) is 158 Å². The third-order valence-electron chi connectivity index (χ3n) is 10.1. The first kappa shape index (κ1) is 37.4. The highest BCUT2D eigenvalue weighted by Gasteiger charge is 2.57. The van der Waals surface area contributed by atoms with Crippen LogP contribution >= 0.6 is 11.6 Å². The van der Waals surface area contributed by atoms with E-state index in [1.807, 2.05) is 31.2 Å². The molecule has 0 bridgehead atoms. The number of aromatic nitrogens is 2. The van der Waals surface area contributed by atoms with Crippen molar-refractivity contribution in [1.29, 1.82) is 0 Å². The number of amides is 3. The zero-order valence-corrected chi connectivity index (χ0v) is 31.4. The summed E-state index contributed by atoms with van der Waals surface area (Å²) in [5, 5.41) is 5.16. The zero-order valence-electron chi connectivity index (χ0n) is 30.6. The number of pyridine rings is 2. The Morgan fingerprint density at radius 2 is 1.92 bits per heavy atom. The number of ether oxygens (including phenoxy) is 4. The van der Waals surface area contributed by atoms with Crippen LogP contribution in [0, 0.1) is 12.8 Å². The molecule has 6 atom stereocenters. The van der Waals surface area contributed by atoms with Crippen molar-refractivity contribution in [3.8, 4) is 11.6 Å². The van der Waals surface area contributed by atoms with E-state index in [1.54, 1.807) is 39.8 Å². The third kappa shape index (κ3) is 7.29. The van der Waals surface area contributed by atoms with Gasteiger partial charge in [0.2, 0.25) is 17.7 Å². The number of nitrogens with one attached hydrogen (secondary N) is 2. The average Bonchev–Trinajstić information content (AvgIpc) is 3.43. The quantitative estimate of drug-likeness (QED) is 0.238. The molecule has 6 rings (SSSR count). The van der Waals surface area contributed by atoms with Gasteiger partial charge in [-0.05, 0) is 59.9 Å². The van der Waals surface area contributed by atoms with Crippen molar-refractivity contribution in [3.63, 3.8) is 0 Å². The maximum atomic E-state index is 14.7. The van der Waals surface area contributed by atoms with Gasteiger partial charge in [0, 0.05) is 30.4 Å². The Labute approximate surface area is 308 Å². The first-order valence-corrected chi connectivity index (χ1v) is 18.5. The monoisotopic (exact) mass is 737 g/mol. The molecule has 3 amide bonds. The summed E-state index contributed by atoms with van der Waals surface area (Å²) >= 11 is 7.21. The average molecular weight is 738 g/mol. The van der Waals surface area contributed by atoms with Crippen LogP contribution in [0.25, 0.3) is 11.0 Å². The van der Waals surface area contributed by atoms with E-state index in [-0.39, 0.29) is 26.0 Å². The molecule has 1 unspecified atom stereocenters. The molecule has 2 N–H and O–H groups in total. The Hall–Kier alpha value is -4.39. The van der Waals surface area contributed by atoms with E-state index in [2.05, 4.69) is 15.6 Å². The molecular weight excluding hydrogens is 690 g/mol. The molecule has 0 aromatic carbocycles. The fourth-order valence-corrected chi connectivity index (χ4v) is 8.07. The normalized spacial score (nSPS) is 29.6. The van der Waals surface area contributed by atoms with Crippen molar-refractivity contribution >= 4 is 46.5 Å². The summed E-state index contributed by atoms with van der Waals surface area (Å²) in [4.78, 5) is 66.6. The van der Waals surface area contributed by atoms with Gasteiger partial charge in [-0.2, -0.15) is 0 Å². The third-order valence-corrected chi connectivity index (χ3v) is 10.4. The minimum absolute atomic E-state index is 0.00628. The van der Waals surface area contributed by atoms with Gasteiger partial charge in [-0.15, -0.1) is 11.6 Å². The van der Waals surface area contributed by atoms with Crippen LogP contribution in [-0.4, -0.2) is 87.8 Å². The van der Waals surface area contributed by atoms with Gasteiger partial charge in [0.05, 0.1) is 36.8 Å². The van der Waals surface area contributed by atoms with Crippen molar-refractivity contribution in [2.24, 2.45) is 5.92 Å². The highest BCUT2D eigenvalue weighted by molar-refractivity contribution is 6.22. The van der Waals surface area contributed by atoms with Gasteiger partial charge in [0.15, 0.2) is 5.54 Å². The molecule has 3 aliphatic heterocycles. The Kier molecular flexibility index (Phi) is 10.5. The molecule has 13 nitrogen and oxygen atoms in total. The molecule has 14 heteroatoms. The Morgan fingerprint density at radius 3 is 2.62 bits per heavy atom. The number of hydrogen-bond acceptors (Lipinski definition) is 10. The molecule has 1 fully saturated rings. The van der Waals surface area contributed by atoms with Crippen LogP contribution in [0.5, 0.6) is 11.6 Å². The second-order valence-electron chi connectivity index (χ2n) is 15.0. The summed E-state index contributed by atoms with van der Waals surface area (Å²) in [7, 11) is 1.53. The van der Waals surface area contributed by atoms with Crippen molar-refractivity contribution in [2.75, 3.05) is 20.3 Å². The standard InChI is InChI=1S/C38H48ClN5O8/c1-7-50-34(47)38-18-17-23(38)13-11-9-8-10-12-14-26(41-35(48)52-36(3,4)5)33(46)44-21-37(20-27(44)32(45)43-38)19-24(39)29-30-25(15-16-28(42-30)49-6)40-22(2)31(29)51-37/h11,13,15-18,23-24,26-27H,7-10,12,14,19-21H2,1-6H3,(H,41,48)(H,43,45)/b13-11-/t23-,24?,26+,27+,37-,38-/m1/s1. The number of hydrogen-bond donors (Lipinski definition) is 2. The summed E-state index contributed by atoms with van der Waals surface area (Å²) in [6.45, 7) is 8.89. The first-order chi connectivity index (χ1) is 24.7. The number of aryl methyl sites for hydroxylation is 1. The van der Waals surface area contributed by atoms with E-state index in [0.29, 0.717) is 46.8 Å². The summed E-state index contributed by atoms with van der Waals surface area (Å²) in [5.41, 5.74) is -0.917. The predicted octanol–water partition coefficient (Wildman–Crippen LogP) is 5.37. The van der Waals surface area contributed by atoms with Crippen LogP contribution in [0.15, 0.2) is 36.4 Å². The molecule has 2 aromatic heterocycles. The van der Waals surface area contributed by atoms with Gasteiger partial charge in [0.25, 0.3) is 0 Å². The summed E-state index contributed by atoms with van der Waals surface area (Å²) in [5.74, 6) is -1.18. The number of esters is 1. The van der Waals surface area contributed by atoms with E-state index < -0.39 is 64.0 Å². The number of halogens is 1.